The summed E-state index contributed by atoms with van der Waals surface area (Å²) in [6.45, 7) is 2.32. The van der Waals surface area contributed by atoms with Gasteiger partial charge in [-0.3, -0.25) is 9.59 Å². The van der Waals surface area contributed by atoms with Crippen LogP contribution in [0.3, 0.4) is 0 Å². The summed E-state index contributed by atoms with van der Waals surface area (Å²) in [4.78, 5) is 28.0. The molecule has 6 nitrogen and oxygen atoms in total. The fourth-order valence-corrected chi connectivity index (χ4v) is 1.92. The molecular weight excluding hydrogens is 246 g/mol. The number of carboxylic acid groups (broad SMARTS) is 1. The summed E-state index contributed by atoms with van der Waals surface area (Å²) >= 11 is 0. The molecule has 0 aliphatic rings. The van der Waals surface area contributed by atoms with E-state index in [-0.39, 0.29) is 24.9 Å². The van der Waals surface area contributed by atoms with Gasteiger partial charge in [-0.05, 0) is 6.42 Å². The molecule has 0 aromatic carbocycles. The zero-order valence-corrected chi connectivity index (χ0v) is 11.5. The molecule has 0 radical (unpaired) electrons. The molecule has 0 fully saturated rings. The van der Waals surface area contributed by atoms with E-state index >= 15 is 0 Å². The SMILES string of the molecule is CCCC(CC(=O)N(C)CCC(=O)O)n1ccnc1. The van der Waals surface area contributed by atoms with Crippen LogP contribution in [0.2, 0.25) is 0 Å². The van der Waals surface area contributed by atoms with Gasteiger partial charge in [0.1, 0.15) is 0 Å². The fourth-order valence-electron chi connectivity index (χ4n) is 1.92. The third-order valence-corrected chi connectivity index (χ3v) is 3.07. The number of carboxylic acids is 1. The van der Waals surface area contributed by atoms with Crippen LogP contribution in [0.15, 0.2) is 18.7 Å². The Kier molecular flexibility index (Phi) is 6.05. The molecule has 19 heavy (non-hydrogen) atoms. The van der Waals surface area contributed by atoms with Crippen LogP contribution >= 0.6 is 0 Å². The van der Waals surface area contributed by atoms with Crippen LogP contribution in [0.5, 0.6) is 0 Å². The average Bonchev–Trinajstić information content (AvgIpc) is 2.88. The normalized spacial score (nSPS) is 12.1. The number of nitrogens with zero attached hydrogens (tertiary/aromatic N) is 3. The highest BCUT2D eigenvalue weighted by atomic mass is 16.4. The van der Waals surface area contributed by atoms with Gasteiger partial charge in [0.2, 0.25) is 5.91 Å². The molecule has 0 aliphatic heterocycles. The molecule has 1 amide bonds. The van der Waals surface area contributed by atoms with E-state index in [2.05, 4.69) is 11.9 Å². The quantitative estimate of drug-likeness (QED) is 0.775. The van der Waals surface area contributed by atoms with E-state index in [1.54, 1.807) is 19.6 Å². The van der Waals surface area contributed by atoms with Crippen molar-refractivity contribution in [2.45, 2.75) is 38.6 Å². The number of hydrogen-bond donors (Lipinski definition) is 1. The molecule has 1 heterocycles. The van der Waals surface area contributed by atoms with E-state index < -0.39 is 5.97 Å². The number of amides is 1. The Labute approximate surface area is 113 Å². The molecule has 1 aromatic rings. The van der Waals surface area contributed by atoms with Crippen LogP contribution in [0.25, 0.3) is 0 Å². The molecule has 6 heteroatoms. The molecular formula is C13H21N3O3. The van der Waals surface area contributed by atoms with Gasteiger partial charge in [-0.2, -0.15) is 0 Å². The number of carbonyl (C=O) groups excluding carboxylic acids is 1. The van der Waals surface area contributed by atoms with Crippen molar-refractivity contribution < 1.29 is 14.7 Å². The van der Waals surface area contributed by atoms with Crippen LogP contribution in [0.4, 0.5) is 0 Å². The van der Waals surface area contributed by atoms with Gasteiger partial charge in [0, 0.05) is 38.4 Å². The van der Waals surface area contributed by atoms with Gasteiger partial charge >= 0.3 is 5.97 Å². The Hall–Kier alpha value is -1.85. The highest BCUT2D eigenvalue weighted by Gasteiger charge is 2.17. The van der Waals surface area contributed by atoms with E-state index in [4.69, 9.17) is 5.11 Å². The summed E-state index contributed by atoms with van der Waals surface area (Å²) in [5, 5.41) is 8.61. The van der Waals surface area contributed by atoms with Crippen molar-refractivity contribution in [1.29, 1.82) is 0 Å². The van der Waals surface area contributed by atoms with Crippen LogP contribution in [0.1, 0.15) is 38.6 Å². The molecule has 1 rings (SSSR count). The van der Waals surface area contributed by atoms with Crippen LogP contribution < -0.4 is 0 Å². The highest BCUT2D eigenvalue weighted by molar-refractivity contribution is 5.77. The van der Waals surface area contributed by atoms with Gasteiger partial charge in [-0.1, -0.05) is 13.3 Å². The Morgan fingerprint density at radius 1 is 1.47 bits per heavy atom. The molecule has 0 saturated carbocycles. The van der Waals surface area contributed by atoms with Crippen LogP contribution in [-0.4, -0.2) is 45.0 Å². The summed E-state index contributed by atoms with van der Waals surface area (Å²) in [5.74, 6) is -0.923. The highest BCUT2D eigenvalue weighted by Crippen LogP contribution is 2.18. The Morgan fingerprint density at radius 2 is 2.21 bits per heavy atom. The van der Waals surface area contributed by atoms with E-state index in [0.717, 1.165) is 12.8 Å². The van der Waals surface area contributed by atoms with Crippen molar-refractivity contribution in [3.05, 3.63) is 18.7 Å². The first kappa shape index (κ1) is 15.2. The second-order valence-corrected chi connectivity index (χ2v) is 4.62. The number of carbonyl (C=O) groups is 2. The fraction of sp³-hybridized carbons (Fsp3) is 0.615. The molecule has 0 spiro atoms. The van der Waals surface area contributed by atoms with Crippen molar-refractivity contribution in [2.75, 3.05) is 13.6 Å². The monoisotopic (exact) mass is 267 g/mol. The van der Waals surface area contributed by atoms with Gasteiger partial charge in [-0.15, -0.1) is 0 Å². The van der Waals surface area contributed by atoms with Crippen LogP contribution in [0, 0.1) is 0 Å². The predicted molar refractivity (Wildman–Crippen MR) is 70.7 cm³/mol. The third kappa shape index (κ3) is 5.11. The lowest BCUT2D eigenvalue weighted by Crippen LogP contribution is -2.31. The zero-order valence-electron chi connectivity index (χ0n) is 11.5. The first-order chi connectivity index (χ1) is 9.04. The maximum Gasteiger partial charge on any atom is 0.305 e. The Morgan fingerprint density at radius 3 is 2.74 bits per heavy atom. The Bertz CT molecular complexity index is 403. The molecule has 0 saturated heterocycles. The number of aliphatic carboxylic acids is 1. The first-order valence-corrected chi connectivity index (χ1v) is 6.47. The summed E-state index contributed by atoms with van der Waals surface area (Å²) in [6, 6.07) is 0.0901. The summed E-state index contributed by atoms with van der Waals surface area (Å²) < 4.78 is 1.94. The first-order valence-electron chi connectivity index (χ1n) is 6.47. The standard InChI is InChI=1S/C13H21N3O3/c1-3-4-11(16-8-6-14-10-16)9-12(17)15(2)7-5-13(18)19/h6,8,10-11H,3-5,7,9H2,1-2H3,(H,18,19). The average molecular weight is 267 g/mol. The van der Waals surface area contributed by atoms with Gasteiger partial charge in [0.25, 0.3) is 0 Å². The van der Waals surface area contributed by atoms with Crippen molar-refractivity contribution in [1.82, 2.24) is 14.5 Å². The third-order valence-electron chi connectivity index (χ3n) is 3.07. The van der Waals surface area contributed by atoms with Crippen LogP contribution in [-0.2, 0) is 9.59 Å². The number of hydrogen-bond acceptors (Lipinski definition) is 3. The van der Waals surface area contributed by atoms with E-state index in [1.807, 2.05) is 10.8 Å². The maximum atomic E-state index is 12.0. The maximum absolute atomic E-state index is 12.0. The molecule has 1 atom stereocenters. The zero-order chi connectivity index (χ0) is 14.3. The topological polar surface area (TPSA) is 75.4 Å². The number of imidazole rings is 1. The molecule has 1 N–H and O–H groups in total. The van der Waals surface area contributed by atoms with Gasteiger partial charge in [0.15, 0.2) is 0 Å². The number of rotatable bonds is 8. The minimum absolute atomic E-state index is 0.0221. The minimum atomic E-state index is -0.889. The predicted octanol–water partition coefficient (Wildman–Crippen LogP) is 1.55. The van der Waals surface area contributed by atoms with Gasteiger partial charge in [0.05, 0.1) is 12.7 Å². The minimum Gasteiger partial charge on any atom is -0.481 e. The lowest BCUT2D eigenvalue weighted by Gasteiger charge is -2.21. The second-order valence-electron chi connectivity index (χ2n) is 4.62. The molecule has 106 valence electrons. The Balaban J connectivity index is 2.54. The molecule has 1 unspecified atom stereocenters. The lowest BCUT2D eigenvalue weighted by atomic mass is 10.1. The van der Waals surface area contributed by atoms with Crippen molar-refractivity contribution in [3.63, 3.8) is 0 Å². The van der Waals surface area contributed by atoms with Gasteiger partial charge < -0.3 is 14.6 Å². The van der Waals surface area contributed by atoms with E-state index in [9.17, 15) is 9.59 Å². The summed E-state index contributed by atoms with van der Waals surface area (Å²) in [7, 11) is 1.64. The molecule has 0 bridgehead atoms. The van der Waals surface area contributed by atoms with E-state index in [1.165, 1.54) is 4.90 Å². The van der Waals surface area contributed by atoms with Gasteiger partial charge in [-0.25, -0.2) is 4.98 Å². The van der Waals surface area contributed by atoms with Crippen molar-refractivity contribution in [3.8, 4) is 0 Å². The lowest BCUT2D eigenvalue weighted by molar-refractivity contribution is -0.138. The second kappa shape index (κ2) is 7.56. The largest absolute Gasteiger partial charge is 0.481 e. The van der Waals surface area contributed by atoms with Crippen molar-refractivity contribution in [2.24, 2.45) is 0 Å². The molecule has 1 aromatic heterocycles. The van der Waals surface area contributed by atoms with Crippen molar-refractivity contribution >= 4 is 11.9 Å². The van der Waals surface area contributed by atoms with E-state index in [0.29, 0.717) is 6.42 Å². The molecule has 0 aliphatic carbocycles. The smallest absolute Gasteiger partial charge is 0.305 e. The summed E-state index contributed by atoms with van der Waals surface area (Å²) in [5.41, 5.74) is 0. The summed E-state index contributed by atoms with van der Waals surface area (Å²) in [6.07, 6.45) is 7.49. The number of aromatic nitrogens is 2.